The largest absolute Gasteiger partial charge is 0.348 e. The van der Waals surface area contributed by atoms with E-state index in [0.717, 1.165) is 35.5 Å². The third-order valence-electron chi connectivity index (χ3n) is 3.20. The fourth-order valence-electron chi connectivity index (χ4n) is 1.95. The molecule has 1 amide bonds. The van der Waals surface area contributed by atoms with Gasteiger partial charge >= 0.3 is 0 Å². The van der Waals surface area contributed by atoms with E-state index in [2.05, 4.69) is 15.3 Å². The predicted octanol–water partition coefficient (Wildman–Crippen LogP) is 2.73. The van der Waals surface area contributed by atoms with Crippen LogP contribution in [-0.2, 0) is 4.79 Å². The lowest BCUT2D eigenvalue weighted by Gasteiger charge is -2.05. The zero-order valence-corrected chi connectivity index (χ0v) is 10.2. The van der Waals surface area contributed by atoms with E-state index in [9.17, 15) is 4.79 Å². The maximum absolute atomic E-state index is 11.6. The first kappa shape index (κ1) is 11.0. The summed E-state index contributed by atoms with van der Waals surface area (Å²) >= 11 is 0. The molecule has 0 spiro atoms. The van der Waals surface area contributed by atoms with Crippen molar-refractivity contribution in [1.29, 1.82) is 0 Å². The molecule has 1 aromatic carbocycles. The molecule has 4 heteroatoms. The van der Waals surface area contributed by atoms with Gasteiger partial charge in [0.05, 0.1) is 12.0 Å². The first-order chi connectivity index (χ1) is 8.74. The van der Waals surface area contributed by atoms with Gasteiger partial charge in [0.25, 0.3) is 0 Å². The minimum atomic E-state index is 0.138. The van der Waals surface area contributed by atoms with Crippen molar-refractivity contribution in [3.8, 4) is 11.3 Å². The molecule has 0 saturated heterocycles. The summed E-state index contributed by atoms with van der Waals surface area (Å²) in [6.07, 6.45) is 3.74. The van der Waals surface area contributed by atoms with Crippen molar-refractivity contribution in [2.24, 2.45) is 5.92 Å². The fraction of sp³-hybridized carbons (Fsp3) is 0.286. The molecule has 18 heavy (non-hydrogen) atoms. The summed E-state index contributed by atoms with van der Waals surface area (Å²) in [5.41, 5.74) is 3.90. The van der Waals surface area contributed by atoms with Crippen LogP contribution in [0, 0.1) is 12.8 Å². The molecule has 1 saturated carbocycles. The number of hydrogen-bond acceptors (Lipinski definition) is 2. The minimum Gasteiger partial charge on any atom is -0.348 e. The molecule has 2 N–H and O–H groups in total. The highest BCUT2D eigenvalue weighted by molar-refractivity contribution is 5.94. The van der Waals surface area contributed by atoms with E-state index in [-0.39, 0.29) is 11.8 Å². The zero-order valence-electron chi connectivity index (χ0n) is 10.2. The fourth-order valence-corrected chi connectivity index (χ4v) is 1.95. The van der Waals surface area contributed by atoms with E-state index in [1.54, 1.807) is 6.33 Å². The number of benzene rings is 1. The Labute approximate surface area is 105 Å². The standard InChI is InChI=1S/C14H15N3O/c1-9-13(16-8-15-9)10-4-6-12(7-5-10)17-14(18)11-2-3-11/h4-8,11H,2-3H2,1H3,(H,15,16)(H,17,18). The Hall–Kier alpha value is -2.10. The zero-order chi connectivity index (χ0) is 12.5. The number of nitrogens with zero attached hydrogens (tertiary/aromatic N) is 1. The molecular weight excluding hydrogens is 226 g/mol. The second-order valence-electron chi connectivity index (χ2n) is 4.72. The monoisotopic (exact) mass is 241 g/mol. The van der Waals surface area contributed by atoms with E-state index in [1.807, 2.05) is 31.2 Å². The molecule has 4 nitrogen and oxygen atoms in total. The Bertz CT molecular complexity index is 567. The van der Waals surface area contributed by atoms with E-state index in [4.69, 9.17) is 0 Å². The molecule has 1 aromatic heterocycles. The van der Waals surface area contributed by atoms with Crippen molar-refractivity contribution in [2.75, 3.05) is 5.32 Å². The van der Waals surface area contributed by atoms with Crippen molar-refractivity contribution < 1.29 is 4.79 Å². The highest BCUT2D eigenvalue weighted by Gasteiger charge is 2.29. The summed E-state index contributed by atoms with van der Waals surface area (Å²) < 4.78 is 0. The van der Waals surface area contributed by atoms with Gasteiger partial charge in [-0.15, -0.1) is 0 Å². The summed E-state index contributed by atoms with van der Waals surface area (Å²) in [4.78, 5) is 18.9. The lowest BCUT2D eigenvalue weighted by molar-refractivity contribution is -0.117. The molecule has 1 aliphatic rings. The molecule has 0 atom stereocenters. The number of hydrogen-bond donors (Lipinski definition) is 2. The van der Waals surface area contributed by atoms with Gasteiger partial charge in [-0.1, -0.05) is 12.1 Å². The van der Waals surface area contributed by atoms with Gasteiger partial charge in [-0.2, -0.15) is 0 Å². The third-order valence-corrected chi connectivity index (χ3v) is 3.20. The van der Waals surface area contributed by atoms with Crippen LogP contribution in [0.4, 0.5) is 5.69 Å². The number of imidazole rings is 1. The molecule has 1 aliphatic carbocycles. The average Bonchev–Trinajstić information content (AvgIpc) is 3.14. The van der Waals surface area contributed by atoms with Crippen LogP contribution < -0.4 is 5.32 Å². The van der Waals surface area contributed by atoms with Crippen LogP contribution in [0.2, 0.25) is 0 Å². The van der Waals surface area contributed by atoms with E-state index < -0.39 is 0 Å². The smallest absolute Gasteiger partial charge is 0.227 e. The highest BCUT2D eigenvalue weighted by atomic mass is 16.2. The van der Waals surface area contributed by atoms with Gasteiger partial charge in [0, 0.05) is 22.9 Å². The molecule has 0 bridgehead atoms. The Kier molecular flexibility index (Phi) is 2.63. The number of nitrogens with one attached hydrogen (secondary N) is 2. The van der Waals surface area contributed by atoms with E-state index in [1.165, 1.54) is 0 Å². The maximum Gasteiger partial charge on any atom is 0.227 e. The van der Waals surface area contributed by atoms with Gasteiger partial charge < -0.3 is 10.3 Å². The number of aryl methyl sites for hydroxylation is 1. The first-order valence-corrected chi connectivity index (χ1v) is 6.15. The molecule has 0 radical (unpaired) electrons. The Morgan fingerprint density at radius 3 is 2.61 bits per heavy atom. The summed E-state index contributed by atoms with van der Waals surface area (Å²) in [6.45, 7) is 1.99. The third kappa shape index (κ3) is 2.14. The van der Waals surface area contributed by atoms with Gasteiger partial charge in [0.15, 0.2) is 0 Å². The molecule has 1 fully saturated rings. The molecular formula is C14H15N3O. The normalized spacial score (nSPS) is 14.5. The number of aromatic amines is 1. The van der Waals surface area contributed by atoms with Crippen LogP contribution in [0.5, 0.6) is 0 Å². The number of H-pyrrole nitrogens is 1. The number of amides is 1. The SMILES string of the molecule is Cc1[nH]cnc1-c1ccc(NC(=O)C2CC2)cc1. The molecule has 0 unspecified atom stereocenters. The van der Waals surface area contributed by atoms with Gasteiger partial charge in [-0.3, -0.25) is 4.79 Å². The topological polar surface area (TPSA) is 57.8 Å². The summed E-state index contributed by atoms with van der Waals surface area (Å²) in [5, 5.41) is 2.92. The first-order valence-electron chi connectivity index (χ1n) is 6.15. The second-order valence-corrected chi connectivity index (χ2v) is 4.72. The van der Waals surface area contributed by atoms with Gasteiger partial charge in [0.2, 0.25) is 5.91 Å². The summed E-state index contributed by atoms with van der Waals surface area (Å²) in [6, 6.07) is 7.80. The number of aromatic nitrogens is 2. The second kappa shape index (κ2) is 4.29. The van der Waals surface area contributed by atoms with Gasteiger partial charge in [-0.25, -0.2) is 4.98 Å². The summed E-state index contributed by atoms with van der Waals surface area (Å²) in [5.74, 6) is 0.372. The van der Waals surface area contributed by atoms with E-state index >= 15 is 0 Å². The Morgan fingerprint density at radius 2 is 2.06 bits per heavy atom. The lowest BCUT2D eigenvalue weighted by atomic mass is 10.1. The Morgan fingerprint density at radius 1 is 1.33 bits per heavy atom. The van der Waals surface area contributed by atoms with Gasteiger partial charge in [-0.05, 0) is 31.9 Å². The highest BCUT2D eigenvalue weighted by Crippen LogP contribution is 2.30. The molecule has 3 rings (SSSR count). The van der Waals surface area contributed by atoms with Crippen LogP contribution in [0.3, 0.4) is 0 Å². The predicted molar refractivity (Wildman–Crippen MR) is 70.1 cm³/mol. The summed E-state index contributed by atoms with van der Waals surface area (Å²) in [7, 11) is 0. The molecule has 2 aromatic rings. The molecule has 1 heterocycles. The van der Waals surface area contributed by atoms with Crippen molar-refractivity contribution in [3.05, 3.63) is 36.3 Å². The lowest BCUT2D eigenvalue weighted by Crippen LogP contribution is -2.12. The van der Waals surface area contributed by atoms with Crippen molar-refractivity contribution in [1.82, 2.24) is 9.97 Å². The Balaban J connectivity index is 1.76. The maximum atomic E-state index is 11.6. The molecule has 0 aliphatic heterocycles. The van der Waals surface area contributed by atoms with Gasteiger partial charge in [0.1, 0.15) is 0 Å². The molecule has 92 valence electrons. The van der Waals surface area contributed by atoms with E-state index in [0.29, 0.717) is 0 Å². The van der Waals surface area contributed by atoms with Crippen LogP contribution in [0.1, 0.15) is 18.5 Å². The van der Waals surface area contributed by atoms with Crippen LogP contribution in [0.25, 0.3) is 11.3 Å². The number of carbonyl (C=O) groups excluding carboxylic acids is 1. The van der Waals surface area contributed by atoms with Crippen molar-refractivity contribution >= 4 is 11.6 Å². The van der Waals surface area contributed by atoms with Crippen molar-refractivity contribution in [2.45, 2.75) is 19.8 Å². The average molecular weight is 241 g/mol. The minimum absolute atomic E-state index is 0.138. The van der Waals surface area contributed by atoms with Crippen LogP contribution >= 0.6 is 0 Å². The number of rotatable bonds is 3. The number of anilines is 1. The van der Waals surface area contributed by atoms with Crippen LogP contribution in [0.15, 0.2) is 30.6 Å². The van der Waals surface area contributed by atoms with Crippen LogP contribution in [-0.4, -0.2) is 15.9 Å². The quantitative estimate of drug-likeness (QED) is 0.868. The van der Waals surface area contributed by atoms with Crippen molar-refractivity contribution in [3.63, 3.8) is 0 Å². The number of carbonyl (C=O) groups is 1.